The molecule has 0 amide bonds. The lowest BCUT2D eigenvalue weighted by atomic mass is 9.64. The molecular formula is C31H27NO5. The van der Waals surface area contributed by atoms with Crippen molar-refractivity contribution in [3.05, 3.63) is 94.6 Å². The van der Waals surface area contributed by atoms with E-state index in [9.17, 15) is 14.4 Å². The van der Waals surface area contributed by atoms with Gasteiger partial charge < -0.3 is 14.4 Å². The molecule has 6 heteroatoms. The Bertz CT molecular complexity index is 1480. The highest BCUT2D eigenvalue weighted by Crippen LogP contribution is 2.61. The quantitative estimate of drug-likeness (QED) is 0.475. The summed E-state index contributed by atoms with van der Waals surface area (Å²) in [6, 6.07) is 16.9. The van der Waals surface area contributed by atoms with Gasteiger partial charge in [-0.2, -0.15) is 0 Å². The number of fused-ring (bicyclic) bond motifs is 5. The van der Waals surface area contributed by atoms with Crippen LogP contribution in [0.25, 0.3) is 6.08 Å². The standard InChI is InChI=1S/C31H27NO5/c1-17-9-10-19-11-14-26-31(29(34)21-7-5-6-8-22(21)30(31)35)27(28(18(2)33)32(26)24(19)15-17)23-16-20(36-3)12-13-25(23)37-4/h5-16,26-28H,1-4H3. The predicted octanol–water partition coefficient (Wildman–Crippen LogP) is 5.03. The number of rotatable bonds is 4. The van der Waals surface area contributed by atoms with Gasteiger partial charge in [0.05, 0.1) is 26.3 Å². The highest BCUT2D eigenvalue weighted by atomic mass is 16.5. The van der Waals surface area contributed by atoms with Crippen LogP contribution in [0.2, 0.25) is 0 Å². The number of hydrogen-bond donors (Lipinski definition) is 0. The van der Waals surface area contributed by atoms with Crippen LogP contribution in [0.4, 0.5) is 5.69 Å². The molecule has 0 radical (unpaired) electrons. The minimum absolute atomic E-state index is 0.129. The number of hydrogen-bond acceptors (Lipinski definition) is 6. The van der Waals surface area contributed by atoms with Crippen LogP contribution in [0, 0.1) is 12.3 Å². The van der Waals surface area contributed by atoms with Crippen molar-refractivity contribution in [2.45, 2.75) is 31.8 Å². The maximum absolute atomic E-state index is 14.5. The first-order valence-electron chi connectivity index (χ1n) is 12.3. The summed E-state index contributed by atoms with van der Waals surface area (Å²) in [4.78, 5) is 44.6. The third kappa shape index (κ3) is 2.95. The first kappa shape index (κ1) is 23.2. The summed E-state index contributed by atoms with van der Waals surface area (Å²) < 4.78 is 11.3. The van der Waals surface area contributed by atoms with Gasteiger partial charge in [0.25, 0.3) is 0 Å². The van der Waals surface area contributed by atoms with Crippen LogP contribution < -0.4 is 14.4 Å². The monoisotopic (exact) mass is 493 g/mol. The average Bonchev–Trinajstić information content (AvgIpc) is 3.35. The fraction of sp³-hybridized carbons (Fsp3) is 0.258. The number of aryl methyl sites for hydroxylation is 1. The van der Waals surface area contributed by atoms with E-state index in [0.29, 0.717) is 28.2 Å². The zero-order valence-corrected chi connectivity index (χ0v) is 21.1. The molecule has 0 aromatic heterocycles. The molecule has 3 aromatic carbocycles. The van der Waals surface area contributed by atoms with Gasteiger partial charge in [0.15, 0.2) is 17.3 Å². The van der Waals surface area contributed by atoms with Crippen molar-refractivity contribution >= 4 is 29.1 Å². The van der Waals surface area contributed by atoms with Crippen LogP contribution in [0.1, 0.15) is 50.2 Å². The summed E-state index contributed by atoms with van der Waals surface area (Å²) in [5.74, 6) is -0.397. The number of nitrogens with zero attached hydrogens (tertiary/aromatic N) is 1. The van der Waals surface area contributed by atoms with Gasteiger partial charge in [-0.05, 0) is 49.2 Å². The van der Waals surface area contributed by atoms with E-state index in [2.05, 4.69) is 0 Å². The summed E-state index contributed by atoms with van der Waals surface area (Å²) in [6.45, 7) is 3.53. The van der Waals surface area contributed by atoms with Crippen molar-refractivity contribution in [3.8, 4) is 11.5 Å². The Kier molecular flexibility index (Phi) is 5.13. The Balaban J connectivity index is 1.72. The molecule has 6 nitrogen and oxygen atoms in total. The highest BCUT2D eigenvalue weighted by Gasteiger charge is 2.71. The van der Waals surface area contributed by atoms with Crippen LogP contribution in [-0.2, 0) is 4.79 Å². The van der Waals surface area contributed by atoms with Crippen LogP contribution in [0.5, 0.6) is 11.5 Å². The van der Waals surface area contributed by atoms with Crippen molar-refractivity contribution in [1.29, 1.82) is 0 Å². The van der Waals surface area contributed by atoms with E-state index in [4.69, 9.17) is 9.47 Å². The van der Waals surface area contributed by atoms with E-state index in [1.165, 1.54) is 6.92 Å². The lowest BCUT2D eigenvalue weighted by Crippen LogP contribution is -2.48. The van der Waals surface area contributed by atoms with Crippen molar-refractivity contribution in [2.24, 2.45) is 5.41 Å². The molecule has 0 bridgehead atoms. The molecular weight excluding hydrogens is 466 g/mol. The predicted molar refractivity (Wildman–Crippen MR) is 141 cm³/mol. The first-order valence-corrected chi connectivity index (χ1v) is 12.3. The van der Waals surface area contributed by atoms with Crippen LogP contribution >= 0.6 is 0 Å². The topological polar surface area (TPSA) is 72.9 Å². The third-order valence-electron chi connectivity index (χ3n) is 8.15. The van der Waals surface area contributed by atoms with Gasteiger partial charge >= 0.3 is 0 Å². The summed E-state index contributed by atoms with van der Waals surface area (Å²) in [7, 11) is 3.11. The van der Waals surface area contributed by atoms with E-state index in [1.807, 2.05) is 42.2 Å². The van der Waals surface area contributed by atoms with E-state index < -0.39 is 23.4 Å². The van der Waals surface area contributed by atoms with Gasteiger partial charge in [0.2, 0.25) is 0 Å². The van der Waals surface area contributed by atoms with Crippen LogP contribution in [0.3, 0.4) is 0 Å². The molecule has 3 unspecified atom stereocenters. The molecule has 186 valence electrons. The summed E-state index contributed by atoms with van der Waals surface area (Å²) >= 11 is 0. The lowest BCUT2D eigenvalue weighted by molar-refractivity contribution is -0.118. The number of carbonyl (C=O) groups is 3. The molecule has 3 atom stereocenters. The molecule has 6 rings (SSSR count). The van der Waals surface area contributed by atoms with Gasteiger partial charge in [0.1, 0.15) is 16.9 Å². The van der Waals surface area contributed by atoms with Crippen LogP contribution in [0.15, 0.2) is 66.7 Å². The summed E-state index contributed by atoms with van der Waals surface area (Å²) in [6.07, 6.45) is 3.88. The number of anilines is 1. The second-order valence-electron chi connectivity index (χ2n) is 9.99. The molecule has 2 heterocycles. The highest BCUT2D eigenvalue weighted by molar-refractivity contribution is 6.32. The van der Waals surface area contributed by atoms with Crippen molar-refractivity contribution in [2.75, 3.05) is 19.1 Å². The van der Waals surface area contributed by atoms with Gasteiger partial charge in [-0.3, -0.25) is 14.4 Å². The molecule has 0 saturated carbocycles. The van der Waals surface area contributed by atoms with Gasteiger partial charge in [-0.1, -0.05) is 48.6 Å². The minimum atomic E-state index is -1.54. The minimum Gasteiger partial charge on any atom is -0.497 e. The number of carbonyl (C=O) groups excluding carboxylic acids is 3. The smallest absolute Gasteiger partial charge is 0.180 e. The maximum atomic E-state index is 14.5. The van der Waals surface area contributed by atoms with Gasteiger partial charge in [-0.15, -0.1) is 0 Å². The van der Waals surface area contributed by atoms with E-state index in [1.54, 1.807) is 56.7 Å². The molecule has 3 aliphatic rings. The fourth-order valence-corrected chi connectivity index (χ4v) is 6.65. The molecule has 1 saturated heterocycles. The van der Waals surface area contributed by atoms with Gasteiger partial charge in [-0.25, -0.2) is 0 Å². The second-order valence-corrected chi connectivity index (χ2v) is 9.99. The number of Topliss-reactive ketones (excluding diaryl/α,β-unsaturated/α-hetero) is 3. The van der Waals surface area contributed by atoms with E-state index in [0.717, 1.165) is 16.8 Å². The Labute approximate surface area is 215 Å². The fourth-order valence-electron chi connectivity index (χ4n) is 6.65. The van der Waals surface area contributed by atoms with Crippen LogP contribution in [-0.4, -0.2) is 43.7 Å². The van der Waals surface area contributed by atoms with Gasteiger partial charge in [0, 0.05) is 28.3 Å². The Morgan fingerprint density at radius 2 is 1.62 bits per heavy atom. The van der Waals surface area contributed by atoms with Crippen molar-refractivity contribution in [3.63, 3.8) is 0 Å². The first-order chi connectivity index (χ1) is 17.8. The second kappa shape index (κ2) is 8.17. The Morgan fingerprint density at radius 3 is 2.24 bits per heavy atom. The van der Waals surface area contributed by atoms with E-state index >= 15 is 0 Å². The zero-order chi connectivity index (χ0) is 26.1. The number of methoxy groups -OCH3 is 2. The Hall–Kier alpha value is -4.19. The average molecular weight is 494 g/mol. The number of ketones is 3. The number of benzene rings is 3. The van der Waals surface area contributed by atoms with Crippen molar-refractivity contribution in [1.82, 2.24) is 0 Å². The molecule has 1 spiro atoms. The molecule has 3 aromatic rings. The SMILES string of the molecule is COc1ccc(OC)c(C2C(C(C)=O)N3c4cc(C)ccc4C=CC3C23C(=O)c2ccccc2C3=O)c1. The molecule has 37 heavy (non-hydrogen) atoms. The lowest BCUT2D eigenvalue weighted by Gasteiger charge is -2.37. The zero-order valence-electron chi connectivity index (χ0n) is 21.1. The molecule has 1 aliphatic carbocycles. The summed E-state index contributed by atoms with van der Waals surface area (Å²) in [5, 5.41) is 0. The van der Waals surface area contributed by atoms with Crippen molar-refractivity contribution < 1.29 is 23.9 Å². The largest absolute Gasteiger partial charge is 0.497 e. The summed E-state index contributed by atoms with van der Waals surface area (Å²) in [5.41, 5.74) is 2.66. The number of ether oxygens (including phenoxy) is 2. The van der Waals surface area contributed by atoms with E-state index in [-0.39, 0.29) is 17.3 Å². The normalized spacial score (nSPS) is 22.6. The Morgan fingerprint density at radius 1 is 0.919 bits per heavy atom. The third-order valence-corrected chi connectivity index (χ3v) is 8.15. The molecule has 0 N–H and O–H groups in total. The maximum Gasteiger partial charge on any atom is 0.180 e. The molecule has 2 aliphatic heterocycles. The molecule has 1 fully saturated rings.